The fourth-order valence-corrected chi connectivity index (χ4v) is 8.38. The normalized spacial score (nSPS) is 33.6. The van der Waals surface area contributed by atoms with Crippen LogP contribution in [0.5, 0.6) is 0 Å². The molecule has 5 aliphatic rings. The monoisotopic (exact) mass is 433 g/mol. The zero-order valence-corrected chi connectivity index (χ0v) is 17.7. The lowest BCUT2D eigenvalue weighted by Crippen LogP contribution is -2.58. The highest BCUT2D eigenvalue weighted by atomic mass is 32.2. The summed E-state index contributed by atoms with van der Waals surface area (Å²) in [5.74, 6) is 2.26. The molecular weight excluding hydrogens is 406 g/mol. The number of nitro groups is 1. The van der Waals surface area contributed by atoms with Crippen molar-refractivity contribution >= 4 is 21.6 Å². The van der Waals surface area contributed by atoms with Crippen LogP contribution in [-0.2, 0) is 14.8 Å². The summed E-state index contributed by atoms with van der Waals surface area (Å²) in [5, 5.41) is 11.3. The summed E-state index contributed by atoms with van der Waals surface area (Å²) in [4.78, 5) is 25.7. The van der Waals surface area contributed by atoms with Crippen LogP contribution in [0.25, 0.3) is 0 Å². The fraction of sp³-hybridized carbons (Fsp3) is 0.667. The summed E-state index contributed by atoms with van der Waals surface area (Å²) >= 11 is 0. The maximum atomic E-state index is 13.5. The molecule has 0 spiro atoms. The molecule has 30 heavy (non-hydrogen) atoms. The van der Waals surface area contributed by atoms with Crippen LogP contribution in [0.2, 0.25) is 0 Å². The molecular formula is C21H27N3O5S. The van der Waals surface area contributed by atoms with Crippen molar-refractivity contribution in [1.82, 2.24) is 9.21 Å². The molecule has 9 heteroatoms. The number of sulfonamides is 1. The molecule has 1 saturated heterocycles. The molecule has 1 aromatic carbocycles. The van der Waals surface area contributed by atoms with Gasteiger partial charge in [0.05, 0.1) is 10.3 Å². The second-order valence-corrected chi connectivity index (χ2v) is 11.5. The summed E-state index contributed by atoms with van der Waals surface area (Å²) in [5.41, 5.74) is -0.641. The molecule has 0 atom stereocenters. The Morgan fingerprint density at radius 2 is 1.50 bits per heavy atom. The maximum absolute atomic E-state index is 13.5. The Morgan fingerprint density at radius 1 is 0.967 bits per heavy atom. The van der Waals surface area contributed by atoms with Crippen LogP contribution < -0.4 is 0 Å². The number of rotatable bonds is 4. The summed E-state index contributed by atoms with van der Waals surface area (Å²) in [7, 11) is -3.98. The van der Waals surface area contributed by atoms with E-state index < -0.39 is 20.6 Å². The molecule has 6 rings (SSSR count). The first-order valence-corrected chi connectivity index (χ1v) is 12.3. The first-order valence-electron chi connectivity index (χ1n) is 10.8. The zero-order valence-electron chi connectivity index (χ0n) is 16.9. The van der Waals surface area contributed by atoms with Crippen molar-refractivity contribution in [2.24, 2.45) is 23.2 Å². The fourth-order valence-electron chi connectivity index (χ4n) is 6.80. The number of carbonyl (C=O) groups is 1. The maximum Gasteiger partial charge on any atom is 0.289 e. The van der Waals surface area contributed by atoms with Crippen LogP contribution in [-0.4, -0.2) is 54.6 Å². The number of benzene rings is 1. The third-order valence-corrected chi connectivity index (χ3v) is 9.64. The minimum Gasteiger partial charge on any atom is -0.340 e. The molecule has 162 valence electrons. The van der Waals surface area contributed by atoms with E-state index >= 15 is 0 Å². The quantitative estimate of drug-likeness (QED) is 0.537. The van der Waals surface area contributed by atoms with E-state index in [1.54, 1.807) is 0 Å². The van der Waals surface area contributed by atoms with Gasteiger partial charge in [0.15, 0.2) is 4.90 Å². The molecule has 4 bridgehead atoms. The summed E-state index contributed by atoms with van der Waals surface area (Å²) in [6, 6.07) is 5.44. The highest BCUT2D eigenvalue weighted by Gasteiger charge is 2.55. The number of hydrogen-bond acceptors (Lipinski definition) is 5. The Kier molecular flexibility index (Phi) is 4.66. The number of nitrogens with zero attached hydrogens (tertiary/aromatic N) is 3. The van der Waals surface area contributed by atoms with E-state index in [2.05, 4.69) is 0 Å². The van der Waals surface area contributed by atoms with E-state index in [1.807, 2.05) is 4.90 Å². The molecule has 4 aliphatic carbocycles. The predicted octanol–water partition coefficient (Wildman–Crippen LogP) is 2.64. The van der Waals surface area contributed by atoms with E-state index in [-0.39, 0.29) is 29.3 Å². The van der Waals surface area contributed by atoms with Crippen LogP contribution in [0, 0.1) is 33.3 Å². The van der Waals surface area contributed by atoms with Crippen molar-refractivity contribution in [3.63, 3.8) is 0 Å². The van der Waals surface area contributed by atoms with Crippen LogP contribution in [0.4, 0.5) is 5.69 Å². The van der Waals surface area contributed by atoms with Gasteiger partial charge in [-0.05, 0) is 62.3 Å². The van der Waals surface area contributed by atoms with E-state index in [4.69, 9.17) is 0 Å². The zero-order chi connectivity index (χ0) is 21.1. The topological polar surface area (TPSA) is 101 Å². The first-order chi connectivity index (χ1) is 14.3. The summed E-state index contributed by atoms with van der Waals surface area (Å²) in [6.07, 6.45) is 6.79. The van der Waals surface area contributed by atoms with E-state index in [1.165, 1.54) is 47.8 Å². The molecule has 1 amide bonds. The van der Waals surface area contributed by atoms with Gasteiger partial charge in [-0.15, -0.1) is 0 Å². The van der Waals surface area contributed by atoms with Gasteiger partial charge in [-0.3, -0.25) is 14.9 Å². The highest BCUT2D eigenvalue weighted by Crippen LogP contribution is 2.60. The summed E-state index contributed by atoms with van der Waals surface area (Å²) < 4.78 is 27.3. The minimum atomic E-state index is -3.98. The minimum absolute atomic E-state index is 0.173. The molecule has 0 unspecified atom stereocenters. The van der Waals surface area contributed by atoms with Gasteiger partial charge in [-0.25, -0.2) is 8.42 Å². The molecule has 0 aromatic heterocycles. The van der Waals surface area contributed by atoms with Crippen molar-refractivity contribution in [3.05, 3.63) is 34.4 Å². The molecule has 8 nitrogen and oxygen atoms in total. The van der Waals surface area contributed by atoms with Gasteiger partial charge in [-0.2, -0.15) is 4.31 Å². The molecule has 4 saturated carbocycles. The van der Waals surface area contributed by atoms with E-state index in [0.29, 0.717) is 30.8 Å². The van der Waals surface area contributed by atoms with Crippen LogP contribution >= 0.6 is 0 Å². The van der Waals surface area contributed by atoms with Crippen LogP contribution in [0.3, 0.4) is 0 Å². The van der Waals surface area contributed by atoms with Gasteiger partial charge in [0.1, 0.15) is 0 Å². The van der Waals surface area contributed by atoms with Crippen molar-refractivity contribution in [2.45, 2.75) is 43.4 Å². The molecule has 5 fully saturated rings. The lowest BCUT2D eigenvalue weighted by atomic mass is 9.49. The third kappa shape index (κ3) is 3.13. The van der Waals surface area contributed by atoms with Crippen LogP contribution in [0.15, 0.2) is 29.2 Å². The standard InChI is InChI=1S/C21H27N3O5S/c25-20(21-12-15-9-16(13-21)11-17(10-15)14-21)22-5-7-23(8-6-22)30(28,29)19-4-2-1-3-18(19)24(26)27/h1-4,15-17H,5-14H2. The second-order valence-electron chi connectivity index (χ2n) is 9.62. The Balaban J connectivity index is 1.30. The Hall–Kier alpha value is -2.00. The van der Waals surface area contributed by atoms with Crippen molar-refractivity contribution in [1.29, 1.82) is 0 Å². The second kappa shape index (κ2) is 7.02. The van der Waals surface area contributed by atoms with Gasteiger partial charge in [0, 0.05) is 32.2 Å². The number of carbonyl (C=O) groups excluding carboxylic acids is 1. The van der Waals surface area contributed by atoms with Gasteiger partial charge < -0.3 is 4.90 Å². The van der Waals surface area contributed by atoms with Crippen LogP contribution in [0.1, 0.15) is 38.5 Å². The highest BCUT2D eigenvalue weighted by molar-refractivity contribution is 7.89. The van der Waals surface area contributed by atoms with Gasteiger partial charge >= 0.3 is 0 Å². The third-order valence-electron chi connectivity index (χ3n) is 7.70. The molecule has 1 heterocycles. The Labute approximate surface area is 176 Å². The van der Waals surface area contributed by atoms with Gasteiger partial charge in [0.25, 0.3) is 5.69 Å². The number of amides is 1. The van der Waals surface area contributed by atoms with Crippen molar-refractivity contribution in [3.8, 4) is 0 Å². The van der Waals surface area contributed by atoms with Gasteiger partial charge in [-0.1, -0.05) is 12.1 Å². The van der Waals surface area contributed by atoms with E-state index in [9.17, 15) is 23.3 Å². The summed E-state index contributed by atoms with van der Waals surface area (Å²) in [6.45, 7) is 1.04. The Morgan fingerprint density at radius 3 is 2.03 bits per heavy atom. The molecule has 1 aliphatic heterocycles. The number of nitro benzene ring substituents is 1. The lowest BCUT2D eigenvalue weighted by molar-refractivity contribution is -0.387. The predicted molar refractivity (Wildman–Crippen MR) is 109 cm³/mol. The molecule has 0 N–H and O–H groups in total. The number of para-hydroxylation sites is 1. The SMILES string of the molecule is O=C(N1CCN(S(=O)(=O)c2ccccc2[N+](=O)[O-])CC1)C12CC3CC(CC(C3)C1)C2. The molecule has 0 radical (unpaired) electrons. The average Bonchev–Trinajstić information content (AvgIpc) is 2.72. The van der Waals surface area contributed by atoms with Crippen molar-refractivity contribution in [2.75, 3.05) is 26.2 Å². The van der Waals surface area contributed by atoms with Crippen molar-refractivity contribution < 1.29 is 18.1 Å². The van der Waals surface area contributed by atoms with Gasteiger partial charge in [0.2, 0.25) is 15.9 Å². The number of piperazine rings is 1. The average molecular weight is 434 g/mol. The number of hydrogen-bond donors (Lipinski definition) is 0. The smallest absolute Gasteiger partial charge is 0.289 e. The largest absolute Gasteiger partial charge is 0.340 e. The Bertz CT molecular complexity index is 949. The first kappa shape index (κ1) is 19.9. The molecule has 1 aromatic rings. The van der Waals surface area contributed by atoms with E-state index in [0.717, 1.165) is 19.3 Å². The lowest BCUT2D eigenvalue weighted by Gasteiger charge is -2.57.